The van der Waals surface area contributed by atoms with Gasteiger partial charge in [-0.1, -0.05) is 11.6 Å². The molecule has 1 amide bonds. The molecule has 2 aliphatic rings. The van der Waals surface area contributed by atoms with Crippen LogP contribution in [0.3, 0.4) is 0 Å². The van der Waals surface area contributed by atoms with Crippen molar-refractivity contribution in [3.63, 3.8) is 0 Å². The fraction of sp³-hybridized carbons (Fsp3) is 0.733. The molecule has 3 rings (SSSR count). The minimum atomic E-state index is -1.21. The topological polar surface area (TPSA) is 88.5 Å². The standard InChI is InChI=1S/C15H22ClN3O3S2/c1-14(2,3)24(22)18-11-10-9(17-12(16)23-10)8-15(11)4-6-19(7-5-15)13(20)21/h11,18H,4-8H2,1-3H3,(H,20,21)/t11-,24-/m0/s1. The van der Waals surface area contributed by atoms with Crippen molar-refractivity contribution in [3.05, 3.63) is 15.0 Å². The predicted octanol–water partition coefficient (Wildman–Crippen LogP) is 3.21. The van der Waals surface area contributed by atoms with Gasteiger partial charge in [0, 0.05) is 29.9 Å². The molecule has 1 spiro atoms. The van der Waals surface area contributed by atoms with Crippen LogP contribution in [-0.4, -0.2) is 43.5 Å². The quantitative estimate of drug-likeness (QED) is 0.755. The van der Waals surface area contributed by atoms with Crippen LogP contribution in [0.2, 0.25) is 4.47 Å². The van der Waals surface area contributed by atoms with Crippen LogP contribution < -0.4 is 4.72 Å². The third-order valence-electron chi connectivity index (χ3n) is 4.91. The Morgan fingerprint density at radius 1 is 1.50 bits per heavy atom. The maximum atomic E-state index is 12.7. The molecule has 2 N–H and O–H groups in total. The molecule has 1 aliphatic heterocycles. The number of aromatic nitrogens is 1. The molecule has 9 heteroatoms. The van der Waals surface area contributed by atoms with E-state index in [1.165, 1.54) is 16.2 Å². The number of hydrogen-bond acceptors (Lipinski definition) is 5. The van der Waals surface area contributed by atoms with Crippen LogP contribution in [0.25, 0.3) is 0 Å². The van der Waals surface area contributed by atoms with E-state index in [2.05, 4.69) is 9.71 Å². The molecule has 24 heavy (non-hydrogen) atoms. The van der Waals surface area contributed by atoms with Gasteiger partial charge < -0.3 is 14.6 Å². The van der Waals surface area contributed by atoms with Gasteiger partial charge in [-0.2, -0.15) is 0 Å². The summed E-state index contributed by atoms with van der Waals surface area (Å²) in [5.41, 5.74) is 0.836. The first-order valence-corrected chi connectivity index (χ1v) is 10.3. The average molecular weight is 392 g/mol. The number of carbonyl (C=O) groups is 1. The van der Waals surface area contributed by atoms with Gasteiger partial charge in [-0.15, -0.1) is 16.1 Å². The molecule has 1 aliphatic carbocycles. The van der Waals surface area contributed by atoms with Crippen LogP contribution >= 0.6 is 22.9 Å². The van der Waals surface area contributed by atoms with Crippen molar-refractivity contribution in [2.24, 2.45) is 5.41 Å². The van der Waals surface area contributed by atoms with Gasteiger partial charge in [-0.25, -0.2) is 9.78 Å². The number of hydrogen-bond donors (Lipinski definition) is 2. The Balaban J connectivity index is 1.86. The maximum absolute atomic E-state index is 12.7. The third kappa shape index (κ3) is 3.26. The van der Waals surface area contributed by atoms with Crippen LogP contribution in [0.1, 0.15) is 50.2 Å². The highest BCUT2D eigenvalue weighted by molar-refractivity contribution is 7.90. The molecule has 1 aromatic rings. The number of thiazole rings is 1. The summed E-state index contributed by atoms with van der Waals surface area (Å²) in [6.07, 6.45) is 1.36. The largest absolute Gasteiger partial charge is 0.598 e. The first-order chi connectivity index (χ1) is 11.1. The molecular formula is C15H22ClN3O3S2. The number of halogens is 1. The van der Waals surface area contributed by atoms with Gasteiger partial charge in [0.25, 0.3) is 0 Å². The molecule has 2 heterocycles. The normalized spacial score (nSPS) is 24.2. The first-order valence-electron chi connectivity index (χ1n) is 7.93. The van der Waals surface area contributed by atoms with Crippen LogP contribution in [0.4, 0.5) is 4.79 Å². The van der Waals surface area contributed by atoms with E-state index in [0.717, 1.165) is 29.8 Å². The van der Waals surface area contributed by atoms with E-state index in [9.17, 15) is 14.5 Å². The van der Waals surface area contributed by atoms with E-state index < -0.39 is 17.5 Å². The summed E-state index contributed by atoms with van der Waals surface area (Å²) in [5.74, 6) is 0. The number of likely N-dealkylation sites (tertiary alicyclic amines) is 1. The lowest BCUT2D eigenvalue weighted by Gasteiger charge is -2.42. The monoisotopic (exact) mass is 391 g/mol. The van der Waals surface area contributed by atoms with E-state index in [1.807, 2.05) is 20.8 Å². The minimum Gasteiger partial charge on any atom is -0.598 e. The average Bonchev–Trinajstić information content (AvgIpc) is 2.94. The van der Waals surface area contributed by atoms with Crippen molar-refractivity contribution in [1.29, 1.82) is 0 Å². The summed E-state index contributed by atoms with van der Waals surface area (Å²) in [5, 5.41) is 9.19. The highest BCUT2D eigenvalue weighted by atomic mass is 35.5. The Hall–Kier alpha value is -0.540. The SMILES string of the molecule is CC(C)(C)[S@+]([O-])N[C@H]1c2sc(Cl)nc2CC12CCN(C(=O)O)CC2. The van der Waals surface area contributed by atoms with Gasteiger partial charge in [-0.05, 0) is 40.0 Å². The molecule has 1 saturated heterocycles. The summed E-state index contributed by atoms with van der Waals surface area (Å²) in [6, 6.07) is -0.0893. The van der Waals surface area contributed by atoms with Crippen molar-refractivity contribution in [1.82, 2.24) is 14.6 Å². The zero-order chi connectivity index (χ0) is 17.7. The number of fused-ring (bicyclic) bond motifs is 1. The number of nitrogens with one attached hydrogen (secondary N) is 1. The second-order valence-electron chi connectivity index (χ2n) is 7.52. The summed E-state index contributed by atoms with van der Waals surface area (Å²) in [7, 11) is 0. The molecule has 1 aromatic heterocycles. The lowest BCUT2D eigenvalue weighted by atomic mass is 9.74. The van der Waals surface area contributed by atoms with Crippen molar-refractivity contribution in [3.8, 4) is 0 Å². The van der Waals surface area contributed by atoms with Gasteiger partial charge in [-0.3, -0.25) is 0 Å². The fourth-order valence-electron chi connectivity index (χ4n) is 3.47. The van der Waals surface area contributed by atoms with Crippen LogP contribution in [0, 0.1) is 5.41 Å². The number of piperidine rings is 1. The van der Waals surface area contributed by atoms with Gasteiger partial charge in [0.1, 0.15) is 4.75 Å². The Bertz CT molecular complexity index is 638. The molecule has 6 nitrogen and oxygen atoms in total. The molecule has 1 fully saturated rings. The van der Waals surface area contributed by atoms with E-state index in [1.54, 1.807) is 0 Å². The predicted molar refractivity (Wildman–Crippen MR) is 95.9 cm³/mol. The molecule has 2 atom stereocenters. The fourth-order valence-corrected chi connectivity index (χ4v) is 5.83. The molecule has 134 valence electrons. The molecule has 0 radical (unpaired) electrons. The van der Waals surface area contributed by atoms with E-state index in [0.29, 0.717) is 17.6 Å². The molecule has 0 aromatic carbocycles. The van der Waals surface area contributed by atoms with E-state index in [-0.39, 0.29) is 16.2 Å². The molecule has 0 saturated carbocycles. The van der Waals surface area contributed by atoms with Crippen LogP contribution in [0.15, 0.2) is 0 Å². The zero-order valence-electron chi connectivity index (χ0n) is 14.0. The first kappa shape index (κ1) is 18.3. The number of rotatable bonds is 2. The van der Waals surface area contributed by atoms with Crippen molar-refractivity contribution >= 4 is 40.4 Å². The smallest absolute Gasteiger partial charge is 0.407 e. The summed E-state index contributed by atoms with van der Waals surface area (Å²) < 4.78 is 16.1. The lowest BCUT2D eigenvalue weighted by molar-refractivity contribution is 0.0765. The van der Waals surface area contributed by atoms with Crippen LogP contribution in [-0.2, 0) is 17.8 Å². The Morgan fingerprint density at radius 2 is 2.12 bits per heavy atom. The van der Waals surface area contributed by atoms with E-state index in [4.69, 9.17) is 11.6 Å². The number of nitrogens with zero attached hydrogens (tertiary/aromatic N) is 2. The number of carboxylic acid groups (broad SMARTS) is 1. The van der Waals surface area contributed by atoms with E-state index >= 15 is 0 Å². The lowest BCUT2D eigenvalue weighted by Crippen LogP contribution is -2.50. The Labute approximate surface area is 153 Å². The van der Waals surface area contributed by atoms with Gasteiger partial charge in [0.2, 0.25) is 0 Å². The zero-order valence-corrected chi connectivity index (χ0v) is 16.4. The van der Waals surface area contributed by atoms with Crippen molar-refractivity contribution in [2.75, 3.05) is 13.1 Å². The number of amides is 1. The Kier molecular flexibility index (Phi) is 4.81. The van der Waals surface area contributed by atoms with Gasteiger partial charge in [0.05, 0.1) is 16.6 Å². The van der Waals surface area contributed by atoms with Crippen molar-refractivity contribution < 1.29 is 14.5 Å². The molecular weight excluding hydrogens is 370 g/mol. The summed E-state index contributed by atoms with van der Waals surface area (Å²) in [4.78, 5) is 18.1. The molecule has 0 bridgehead atoms. The second-order valence-corrected chi connectivity index (χ2v) is 11.1. The summed E-state index contributed by atoms with van der Waals surface area (Å²) in [6.45, 7) is 6.80. The summed E-state index contributed by atoms with van der Waals surface area (Å²) >= 11 is 6.31. The minimum absolute atomic E-state index is 0.0893. The highest BCUT2D eigenvalue weighted by Crippen LogP contribution is 2.54. The van der Waals surface area contributed by atoms with Crippen molar-refractivity contribution in [2.45, 2.75) is 50.8 Å². The van der Waals surface area contributed by atoms with Gasteiger partial charge in [0.15, 0.2) is 4.47 Å². The highest BCUT2D eigenvalue weighted by Gasteiger charge is 2.52. The second kappa shape index (κ2) is 6.32. The van der Waals surface area contributed by atoms with Gasteiger partial charge >= 0.3 is 6.09 Å². The third-order valence-corrected chi connectivity index (χ3v) is 7.74. The Morgan fingerprint density at radius 3 is 2.67 bits per heavy atom. The molecule has 0 unspecified atom stereocenters. The van der Waals surface area contributed by atoms with Crippen LogP contribution in [0.5, 0.6) is 0 Å². The maximum Gasteiger partial charge on any atom is 0.407 e.